The predicted octanol–water partition coefficient (Wildman–Crippen LogP) is 3.07. The first kappa shape index (κ1) is 28.7. The number of hydrogen-bond donors (Lipinski definition) is 2. The van der Waals surface area contributed by atoms with Crippen molar-refractivity contribution in [3.05, 3.63) is 35.4 Å². The van der Waals surface area contributed by atoms with Gasteiger partial charge < -0.3 is 25.0 Å². The molecule has 0 radical (unpaired) electrons. The number of alkyl carbamates (subject to hydrolysis) is 1. The summed E-state index contributed by atoms with van der Waals surface area (Å²) in [6.07, 6.45) is 7.35. The van der Waals surface area contributed by atoms with Crippen molar-refractivity contribution in [1.82, 2.24) is 15.5 Å². The molecule has 1 aliphatic carbocycles. The first-order chi connectivity index (χ1) is 17.0. The molecule has 1 aromatic carbocycles. The Morgan fingerprint density at radius 2 is 1.86 bits per heavy atom. The second kappa shape index (κ2) is 13.0. The lowest BCUT2D eigenvalue weighted by Gasteiger charge is -2.43. The van der Waals surface area contributed by atoms with E-state index in [1.807, 2.05) is 0 Å². The summed E-state index contributed by atoms with van der Waals surface area (Å²) < 4.78 is 10.2. The molecule has 3 amide bonds. The lowest BCUT2D eigenvalue weighted by molar-refractivity contribution is -0.147. The molecule has 1 aliphatic rings. The highest BCUT2D eigenvalue weighted by molar-refractivity contribution is 5.92. The van der Waals surface area contributed by atoms with Crippen LogP contribution in [-0.4, -0.2) is 59.6 Å². The number of benzene rings is 1. The van der Waals surface area contributed by atoms with Crippen LogP contribution in [0.5, 0.6) is 0 Å². The van der Waals surface area contributed by atoms with Crippen molar-refractivity contribution in [3.8, 4) is 12.3 Å². The Hall–Kier alpha value is -3.54. The lowest BCUT2D eigenvalue weighted by atomic mass is 9.87. The van der Waals surface area contributed by atoms with Crippen molar-refractivity contribution in [2.75, 3.05) is 13.2 Å². The SMILES string of the molecule is C#Cc1ccccc1C(C(=O)NCCC(=O)OCC)N(C(=O)C(C)NC(=O)OC(C)(C)C)C1CCC1. The third-order valence-electron chi connectivity index (χ3n) is 5.70. The molecule has 0 aliphatic heterocycles. The van der Waals surface area contributed by atoms with Gasteiger partial charge in [0.25, 0.3) is 0 Å². The molecular weight excluding hydrogens is 462 g/mol. The van der Waals surface area contributed by atoms with Crippen molar-refractivity contribution in [2.45, 2.75) is 84.0 Å². The molecule has 0 heterocycles. The second-order valence-electron chi connectivity index (χ2n) is 9.68. The molecule has 2 atom stereocenters. The molecule has 1 saturated carbocycles. The fraction of sp³-hybridized carbons (Fsp3) is 0.556. The van der Waals surface area contributed by atoms with E-state index >= 15 is 0 Å². The Labute approximate surface area is 213 Å². The molecule has 1 aromatic rings. The highest BCUT2D eigenvalue weighted by Crippen LogP contribution is 2.34. The molecule has 1 fully saturated rings. The normalized spacial score (nSPS) is 14.9. The third-order valence-corrected chi connectivity index (χ3v) is 5.70. The number of rotatable bonds is 10. The molecule has 2 N–H and O–H groups in total. The molecule has 0 spiro atoms. The fourth-order valence-electron chi connectivity index (χ4n) is 3.85. The Morgan fingerprint density at radius 1 is 1.19 bits per heavy atom. The predicted molar refractivity (Wildman–Crippen MR) is 135 cm³/mol. The van der Waals surface area contributed by atoms with Gasteiger partial charge in [-0.05, 0) is 65.5 Å². The third kappa shape index (κ3) is 8.01. The van der Waals surface area contributed by atoms with Gasteiger partial charge in [-0.15, -0.1) is 6.42 Å². The molecule has 0 aromatic heterocycles. The minimum atomic E-state index is -1.04. The second-order valence-corrected chi connectivity index (χ2v) is 9.68. The van der Waals surface area contributed by atoms with E-state index in [9.17, 15) is 19.2 Å². The minimum Gasteiger partial charge on any atom is -0.466 e. The summed E-state index contributed by atoms with van der Waals surface area (Å²) in [5.74, 6) is 1.27. The molecule has 196 valence electrons. The average Bonchev–Trinajstić information content (AvgIpc) is 2.76. The van der Waals surface area contributed by atoms with Crippen molar-refractivity contribution in [1.29, 1.82) is 0 Å². The van der Waals surface area contributed by atoms with E-state index in [0.717, 1.165) is 19.3 Å². The van der Waals surface area contributed by atoms with E-state index < -0.39 is 41.6 Å². The molecule has 2 rings (SSSR count). The number of carbonyl (C=O) groups is 4. The van der Waals surface area contributed by atoms with Crippen LogP contribution in [0.4, 0.5) is 4.79 Å². The number of hydrogen-bond acceptors (Lipinski definition) is 6. The molecular formula is C27H37N3O6. The van der Waals surface area contributed by atoms with Gasteiger partial charge in [-0.2, -0.15) is 0 Å². The molecule has 9 heteroatoms. The van der Waals surface area contributed by atoms with Gasteiger partial charge in [-0.1, -0.05) is 24.1 Å². The van der Waals surface area contributed by atoms with Crippen LogP contribution >= 0.6 is 0 Å². The van der Waals surface area contributed by atoms with Gasteiger partial charge in [0.05, 0.1) is 13.0 Å². The van der Waals surface area contributed by atoms with Crippen LogP contribution in [0.1, 0.15) is 77.5 Å². The Balaban J connectivity index is 2.36. The molecule has 36 heavy (non-hydrogen) atoms. The van der Waals surface area contributed by atoms with Gasteiger partial charge in [0.1, 0.15) is 17.7 Å². The minimum absolute atomic E-state index is 0.00291. The quantitative estimate of drug-likeness (QED) is 0.378. The largest absolute Gasteiger partial charge is 0.466 e. The van der Waals surface area contributed by atoms with Gasteiger partial charge >= 0.3 is 12.1 Å². The highest BCUT2D eigenvalue weighted by atomic mass is 16.6. The molecule has 2 unspecified atom stereocenters. The summed E-state index contributed by atoms with van der Waals surface area (Å²) in [5.41, 5.74) is 0.249. The van der Waals surface area contributed by atoms with E-state index in [-0.39, 0.29) is 25.6 Å². The van der Waals surface area contributed by atoms with Crippen LogP contribution in [0.15, 0.2) is 24.3 Å². The maximum absolute atomic E-state index is 13.7. The van der Waals surface area contributed by atoms with Crippen molar-refractivity contribution in [3.63, 3.8) is 0 Å². The number of carbonyl (C=O) groups excluding carboxylic acids is 4. The average molecular weight is 500 g/mol. The van der Waals surface area contributed by atoms with E-state index in [1.54, 1.807) is 58.9 Å². The Kier molecular flexibility index (Phi) is 10.3. The van der Waals surface area contributed by atoms with E-state index in [4.69, 9.17) is 15.9 Å². The molecule has 9 nitrogen and oxygen atoms in total. The van der Waals surface area contributed by atoms with Crippen LogP contribution in [0.2, 0.25) is 0 Å². The number of nitrogens with one attached hydrogen (secondary N) is 2. The van der Waals surface area contributed by atoms with Gasteiger partial charge in [0.2, 0.25) is 11.8 Å². The smallest absolute Gasteiger partial charge is 0.408 e. The summed E-state index contributed by atoms with van der Waals surface area (Å²) in [6.45, 7) is 8.74. The zero-order valence-corrected chi connectivity index (χ0v) is 21.8. The number of nitrogens with zero attached hydrogens (tertiary/aromatic N) is 1. The van der Waals surface area contributed by atoms with Gasteiger partial charge in [0.15, 0.2) is 0 Å². The van der Waals surface area contributed by atoms with Crippen LogP contribution < -0.4 is 10.6 Å². The number of esters is 1. The maximum atomic E-state index is 13.7. The van der Waals surface area contributed by atoms with Crippen LogP contribution in [-0.2, 0) is 23.9 Å². The highest BCUT2D eigenvalue weighted by Gasteiger charge is 2.41. The van der Waals surface area contributed by atoms with Gasteiger partial charge in [-0.25, -0.2) is 4.79 Å². The maximum Gasteiger partial charge on any atom is 0.408 e. The Morgan fingerprint density at radius 3 is 2.42 bits per heavy atom. The Bertz CT molecular complexity index is 990. The van der Waals surface area contributed by atoms with Crippen molar-refractivity contribution < 1.29 is 28.7 Å². The first-order valence-corrected chi connectivity index (χ1v) is 12.3. The summed E-state index contributed by atoms with van der Waals surface area (Å²) >= 11 is 0. The van der Waals surface area contributed by atoms with Crippen molar-refractivity contribution in [2.24, 2.45) is 0 Å². The van der Waals surface area contributed by atoms with E-state index in [0.29, 0.717) is 11.1 Å². The standard InChI is InChI=1S/C27H37N3O6/c1-7-19-12-9-10-15-21(19)23(24(32)28-17-16-22(31)35-8-2)30(20-13-11-14-20)25(33)18(3)29-26(34)36-27(4,5)6/h1,9-10,12,15,18,20,23H,8,11,13-14,16-17H2,2-6H3,(H,28,32)(H,29,34). The molecule has 0 bridgehead atoms. The number of terminal acetylenes is 1. The summed E-state index contributed by atoms with van der Waals surface area (Å²) in [4.78, 5) is 52.8. The van der Waals surface area contributed by atoms with Crippen LogP contribution in [0.25, 0.3) is 0 Å². The lowest BCUT2D eigenvalue weighted by Crippen LogP contribution is -2.57. The summed E-state index contributed by atoms with van der Waals surface area (Å²) in [6, 6.07) is 4.74. The number of ether oxygens (including phenoxy) is 2. The van der Waals surface area contributed by atoms with Crippen LogP contribution in [0.3, 0.4) is 0 Å². The van der Waals surface area contributed by atoms with Gasteiger partial charge in [0, 0.05) is 18.2 Å². The topological polar surface area (TPSA) is 114 Å². The van der Waals surface area contributed by atoms with E-state index in [2.05, 4.69) is 16.6 Å². The fourth-order valence-corrected chi connectivity index (χ4v) is 3.85. The zero-order valence-electron chi connectivity index (χ0n) is 21.8. The van der Waals surface area contributed by atoms with Crippen LogP contribution in [0, 0.1) is 12.3 Å². The monoisotopic (exact) mass is 499 g/mol. The zero-order chi connectivity index (χ0) is 26.9. The van der Waals surface area contributed by atoms with E-state index in [1.165, 1.54) is 4.90 Å². The summed E-state index contributed by atoms with van der Waals surface area (Å²) in [7, 11) is 0. The summed E-state index contributed by atoms with van der Waals surface area (Å²) in [5, 5.41) is 5.34. The van der Waals surface area contributed by atoms with Crippen molar-refractivity contribution >= 4 is 23.9 Å². The first-order valence-electron chi connectivity index (χ1n) is 12.3. The molecule has 0 saturated heterocycles. The number of amides is 3. The van der Waals surface area contributed by atoms with Gasteiger partial charge in [-0.3, -0.25) is 14.4 Å².